The van der Waals surface area contributed by atoms with Crippen LogP contribution in [0.25, 0.3) is 0 Å². The Labute approximate surface area is 110 Å². The van der Waals surface area contributed by atoms with Gasteiger partial charge in [0.05, 0.1) is 11.8 Å². The summed E-state index contributed by atoms with van der Waals surface area (Å²) in [6.45, 7) is 0. The number of benzene rings is 1. The highest BCUT2D eigenvalue weighted by Gasteiger charge is 2.41. The molecule has 1 aliphatic rings. The number of nitriles is 1. The molecule has 1 aromatic carbocycles. The number of halogens is 1. The van der Waals surface area contributed by atoms with Gasteiger partial charge in [-0.1, -0.05) is 24.4 Å². The molecule has 0 spiro atoms. The second kappa shape index (κ2) is 4.87. The topological polar surface area (TPSA) is 73.1 Å². The van der Waals surface area contributed by atoms with Crippen LogP contribution in [0.1, 0.15) is 25.7 Å². The highest BCUT2D eigenvalue weighted by atomic mass is 35.5. The van der Waals surface area contributed by atoms with Gasteiger partial charge < -0.3 is 10.4 Å². The second-order valence-corrected chi connectivity index (χ2v) is 4.95. The zero-order valence-electron chi connectivity index (χ0n) is 9.74. The fourth-order valence-electron chi connectivity index (χ4n) is 2.22. The van der Waals surface area contributed by atoms with Gasteiger partial charge >= 0.3 is 0 Å². The lowest BCUT2D eigenvalue weighted by atomic mass is 9.87. The largest absolute Gasteiger partial charge is 0.506 e. The van der Waals surface area contributed by atoms with Crippen LogP contribution in [0.5, 0.6) is 5.75 Å². The van der Waals surface area contributed by atoms with Crippen LogP contribution in [-0.2, 0) is 4.79 Å². The maximum atomic E-state index is 12.1. The Balaban J connectivity index is 2.19. The van der Waals surface area contributed by atoms with Gasteiger partial charge in [-0.3, -0.25) is 4.79 Å². The average molecular weight is 265 g/mol. The predicted molar refractivity (Wildman–Crippen MR) is 68.3 cm³/mol. The molecule has 2 rings (SSSR count). The van der Waals surface area contributed by atoms with Crippen LogP contribution in [0.15, 0.2) is 18.2 Å². The maximum Gasteiger partial charge on any atom is 0.244 e. The minimum Gasteiger partial charge on any atom is -0.506 e. The molecule has 0 heterocycles. The van der Waals surface area contributed by atoms with Crippen molar-refractivity contribution >= 4 is 23.2 Å². The standard InChI is InChI=1S/C13H13ClN2O2/c14-9-3-4-10(11(17)7-9)16-12(18)13(8-15)5-1-2-6-13/h3-4,7,17H,1-2,5-6H2,(H,16,18). The predicted octanol–water partition coefficient (Wildman–Crippen LogP) is 3.07. The summed E-state index contributed by atoms with van der Waals surface area (Å²) in [5, 5.41) is 21.8. The SMILES string of the molecule is N#CC1(C(=O)Nc2ccc(Cl)cc2O)CCCC1. The Morgan fingerprint density at radius 1 is 1.44 bits per heavy atom. The molecular formula is C13H13ClN2O2. The first-order valence-electron chi connectivity index (χ1n) is 5.79. The van der Waals surface area contributed by atoms with E-state index >= 15 is 0 Å². The number of phenols is 1. The van der Waals surface area contributed by atoms with Gasteiger partial charge in [0.15, 0.2) is 0 Å². The Morgan fingerprint density at radius 3 is 2.67 bits per heavy atom. The molecular weight excluding hydrogens is 252 g/mol. The number of nitrogens with zero attached hydrogens (tertiary/aromatic N) is 1. The molecule has 0 radical (unpaired) electrons. The number of anilines is 1. The number of hydrogen-bond acceptors (Lipinski definition) is 3. The molecule has 0 bridgehead atoms. The number of hydrogen-bond donors (Lipinski definition) is 2. The quantitative estimate of drug-likeness (QED) is 0.806. The van der Waals surface area contributed by atoms with Crippen molar-refractivity contribution in [1.82, 2.24) is 0 Å². The number of phenolic OH excluding ortho intramolecular Hbond substituents is 1. The summed E-state index contributed by atoms with van der Waals surface area (Å²) in [5.74, 6) is -0.443. The minimum absolute atomic E-state index is 0.0954. The van der Waals surface area contributed by atoms with Crippen molar-refractivity contribution in [2.75, 3.05) is 5.32 Å². The van der Waals surface area contributed by atoms with Crippen LogP contribution in [0.4, 0.5) is 5.69 Å². The monoisotopic (exact) mass is 264 g/mol. The highest BCUT2D eigenvalue weighted by Crippen LogP contribution is 2.39. The smallest absolute Gasteiger partial charge is 0.244 e. The summed E-state index contributed by atoms with van der Waals surface area (Å²) in [6, 6.07) is 6.56. The first kappa shape index (κ1) is 12.7. The molecule has 0 aromatic heterocycles. The molecule has 18 heavy (non-hydrogen) atoms. The maximum absolute atomic E-state index is 12.1. The third kappa shape index (κ3) is 2.27. The van der Waals surface area contributed by atoms with Crippen LogP contribution in [-0.4, -0.2) is 11.0 Å². The summed E-state index contributed by atoms with van der Waals surface area (Å²) < 4.78 is 0. The summed E-state index contributed by atoms with van der Waals surface area (Å²) in [4.78, 5) is 12.1. The Morgan fingerprint density at radius 2 is 2.11 bits per heavy atom. The van der Waals surface area contributed by atoms with Crippen LogP contribution in [0, 0.1) is 16.7 Å². The molecule has 1 saturated carbocycles. The van der Waals surface area contributed by atoms with Gasteiger partial charge in [-0.25, -0.2) is 0 Å². The summed E-state index contributed by atoms with van der Waals surface area (Å²) >= 11 is 5.71. The lowest BCUT2D eigenvalue weighted by Gasteiger charge is -2.19. The van der Waals surface area contributed by atoms with E-state index in [1.165, 1.54) is 12.1 Å². The zero-order chi connectivity index (χ0) is 13.2. The van der Waals surface area contributed by atoms with Crippen molar-refractivity contribution in [3.63, 3.8) is 0 Å². The summed E-state index contributed by atoms with van der Waals surface area (Å²) in [7, 11) is 0. The first-order valence-corrected chi connectivity index (χ1v) is 6.16. The fraction of sp³-hybridized carbons (Fsp3) is 0.385. The van der Waals surface area contributed by atoms with Crippen LogP contribution in [0.2, 0.25) is 5.02 Å². The molecule has 1 aromatic rings. The lowest BCUT2D eigenvalue weighted by Crippen LogP contribution is -2.32. The second-order valence-electron chi connectivity index (χ2n) is 4.52. The van der Waals surface area contributed by atoms with E-state index in [0.717, 1.165) is 12.8 Å². The van der Waals surface area contributed by atoms with Gasteiger partial charge in [0.2, 0.25) is 5.91 Å². The number of amides is 1. The van der Waals surface area contributed by atoms with Gasteiger partial charge in [0.1, 0.15) is 11.2 Å². The van der Waals surface area contributed by atoms with Crippen LogP contribution >= 0.6 is 11.6 Å². The van der Waals surface area contributed by atoms with Crippen LogP contribution < -0.4 is 5.32 Å². The highest BCUT2D eigenvalue weighted by molar-refractivity contribution is 6.30. The van der Waals surface area contributed by atoms with E-state index in [1.54, 1.807) is 6.07 Å². The van der Waals surface area contributed by atoms with Gasteiger partial charge in [-0.2, -0.15) is 5.26 Å². The third-order valence-electron chi connectivity index (χ3n) is 3.31. The van der Waals surface area contributed by atoms with Crippen molar-refractivity contribution in [1.29, 1.82) is 5.26 Å². The van der Waals surface area contributed by atoms with Crippen molar-refractivity contribution in [3.05, 3.63) is 23.2 Å². The van der Waals surface area contributed by atoms with E-state index in [9.17, 15) is 15.2 Å². The van der Waals surface area contributed by atoms with E-state index in [2.05, 4.69) is 11.4 Å². The molecule has 1 aliphatic carbocycles. The molecule has 0 saturated heterocycles. The molecule has 4 nitrogen and oxygen atoms in total. The van der Waals surface area contributed by atoms with Crippen molar-refractivity contribution in [2.24, 2.45) is 5.41 Å². The molecule has 94 valence electrons. The van der Waals surface area contributed by atoms with Crippen molar-refractivity contribution < 1.29 is 9.90 Å². The van der Waals surface area contributed by atoms with E-state index in [-0.39, 0.29) is 17.3 Å². The third-order valence-corrected chi connectivity index (χ3v) is 3.55. The summed E-state index contributed by atoms with van der Waals surface area (Å²) in [5.41, 5.74) is -0.669. The first-order chi connectivity index (χ1) is 8.57. The van der Waals surface area contributed by atoms with Gasteiger partial charge in [-0.05, 0) is 25.0 Å². The number of carbonyl (C=O) groups is 1. The van der Waals surface area contributed by atoms with E-state index in [1.807, 2.05) is 0 Å². The fourth-order valence-corrected chi connectivity index (χ4v) is 2.39. The van der Waals surface area contributed by atoms with E-state index in [0.29, 0.717) is 17.9 Å². The Kier molecular flexibility index (Phi) is 3.44. The molecule has 0 unspecified atom stereocenters. The van der Waals surface area contributed by atoms with Gasteiger partial charge in [0.25, 0.3) is 0 Å². The Hall–Kier alpha value is -1.73. The molecule has 0 aliphatic heterocycles. The van der Waals surface area contributed by atoms with E-state index in [4.69, 9.17) is 11.6 Å². The summed E-state index contributed by atoms with van der Waals surface area (Å²) in [6.07, 6.45) is 2.91. The normalized spacial score (nSPS) is 17.1. The molecule has 2 N–H and O–H groups in total. The molecule has 5 heteroatoms. The molecule has 1 fully saturated rings. The molecule has 0 atom stereocenters. The molecule has 1 amide bonds. The number of nitrogens with one attached hydrogen (secondary N) is 1. The Bertz CT molecular complexity index is 516. The van der Waals surface area contributed by atoms with E-state index < -0.39 is 5.41 Å². The van der Waals surface area contributed by atoms with Crippen molar-refractivity contribution in [3.8, 4) is 11.8 Å². The number of rotatable bonds is 2. The number of aromatic hydroxyl groups is 1. The van der Waals surface area contributed by atoms with Gasteiger partial charge in [-0.15, -0.1) is 0 Å². The van der Waals surface area contributed by atoms with Crippen molar-refractivity contribution in [2.45, 2.75) is 25.7 Å². The zero-order valence-corrected chi connectivity index (χ0v) is 10.5. The minimum atomic E-state index is -0.952. The van der Waals surface area contributed by atoms with Gasteiger partial charge in [0, 0.05) is 11.1 Å². The van der Waals surface area contributed by atoms with Crippen LogP contribution in [0.3, 0.4) is 0 Å². The average Bonchev–Trinajstić information content (AvgIpc) is 2.82. The lowest BCUT2D eigenvalue weighted by molar-refractivity contribution is -0.122. The number of carbonyl (C=O) groups excluding carboxylic acids is 1.